The van der Waals surface area contributed by atoms with Crippen molar-refractivity contribution in [1.29, 1.82) is 0 Å². The molecule has 3 heteroatoms. The Morgan fingerprint density at radius 3 is 2.71 bits per heavy atom. The van der Waals surface area contributed by atoms with Gasteiger partial charge in [0.05, 0.1) is 11.1 Å². The normalized spacial score (nSPS) is 18.5. The van der Waals surface area contributed by atoms with Gasteiger partial charge in [-0.15, -0.1) is 0 Å². The SMILES string of the molecule is OC(Cc1ccc(F)c(Cl)c1)CC1CCCC1. The van der Waals surface area contributed by atoms with E-state index in [2.05, 4.69) is 0 Å². The molecule has 1 atom stereocenters. The van der Waals surface area contributed by atoms with Gasteiger partial charge in [-0.2, -0.15) is 0 Å². The van der Waals surface area contributed by atoms with Crippen LogP contribution in [0.15, 0.2) is 18.2 Å². The molecule has 0 bridgehead atoms. The summed E-state index contributed by atoms with van der Waals surface area (Å²) in [6, 6.07) is 4.66. The van der Waals surface area contributed by atoms with Crippen LogP contribution in [-0.4, -0.2) is 11.2 Å². The van der Waals surface area contributed by atoms with E-state index >= 15 is 0 Å². The number of aliphatic hydroxyl groups is 1. The van der Waals surface area contributed by atoms with Crippen LogP contribution in [0.5, 0.6) is 0 Å². The molecule has 17 heavy (non-hydrogen) atoms. The first kappa shape index (κ1) is 12.8. The summed E-state index contributed by atoms with van der Waals surface area (Å²) < 4.78 is 13.0. The molecule has 1 aromatic rings. The van der Waals surface area contributed by atoms with Gasteiger partial charge < -0.3 is 5.11 Å². The minimum absolute atomic E-state index is 0.135. The molecule has 1 fully saturated rings. The fourth-order valence-electron chi connectivity index (χ4n) is 2.65. The van der Waals surface area contributed by atoms with Crippen molar-refractivity contribution in [2.24, 2.45) is 5.92 Å². The lowest BCUT2D eigenvalue weighted by molar-refractivity contribution is 0.143. The highest BCUT2D eigenvalue weighted by Crippen LogP contribution is 2.29. The number of halogens is 2. The zero-order valence-corrected chi connectivity index (χ0v) is 10.6. The van der Waals surface area contributed by atoms with E-state index in [1.807, 2.05) is 0 Å². The van der Waals surface area contributed by atoms with Gasteiger partial charge in [0, 0.05) is 0 Å². The van der Waals surface area contributed by atoms with Crippen molar-refractivity contribution in [1.82, 2.24) is 0 Å². The van der Waals surface area contributed by atoms with Gasteiger partial charge in [-0.05, 0) is 36.5 Å². The zero-order valence-electron chi connectivity index (χ0n) is 9.83. The van der Waals surface area contributed by atoms with Gasteiger partial charge >= 0.3 is 0 Å². The van der Waals surface area contributed by atoms with E-state index in [-0.39, 0.29) is 11.1 Å². The minimum Gasteiger partial charge on any atom is -0.393 e. The van der Waals surface area contributed by atoms with Crippen molar-refractivity contribution >= 4 is 11.6 Å². The highest BCUT2D eigenvalue weighted by atomic mass is 35.5. The van der Waals surface area contributed by atoms with Crippen molar-refractivity contribution in [3.05, 3.63) is 34.6 Å². The van der Waals surface area contributed by atoms with Crippen LogP contribution in [0.3, 0.4) is 0 Å². The summed E-state index contributed by atoms with van der Waals surface area (Å²) in [5, 5.41) is 10.1. The van der Waals surface area contributed by atoms with E-state index in [0.29, 0.717) is 12.3 Å². The maximum absolute atomic E-state index is 13.0. The van der Waals surface area contributed by atoms with Crippen LogP contribution in [0.2, 0.25) is 5.02 Å². The van der Waals surface area contributed by atoms with Gasteiger partial charge in [-0.1, -0.05) is 43.4 Å². The molecule has 1 aliphatic rings. The topological polar surface area (TPSA) is 20.2 Å². The molecule has 1 aliphatic carbocycles. The number of hydrogen-bond donors (Lipinski definition) is 1. The predicted molar refractivity (Wildman–Crippen MR) is 67.7 cm³/mol. The summed E-state index contributed by atoms with van der Waals surface area (Å²) in [6.45, 7) is 0. The fourth-order valence-corrected chi connectivity index (χ4v) is 2.86. The van der Waals surface area contributed by atoms with Crippen molar-refractivity contribution in [2.75, 3.05) is 0 Å². The third-order valence-corrected chi connectivity index (χ3v) is 3.83. The van der Waals surface area contributed by atoms with E-state index < -0.39 is 5.82 Å². The number of hydrogen-bond acceptors (Lipinski definition) is 1. The Balaban J connectivity index is 1.88. The molecule has 0 amide bonds. The van der Waals surface area contributed by atoms with Crippen LogP contribution in [0.1, 0.15) is 37.7 Å². The van der Waals surface area contributed by atoms with E-state index in [1.165, 1.54) is 31.7 Å². The summed E-state index contributed by atoms with van der Waals surface area (Å²) in [4.78, 5) is 0. The molecule has 1 aromatic carbocycles. The summed E-state index contributed by atoms with van der Waals surface area (Å²) >= 11 is 5.71. The summed E-state index contributed by atoms with van der Waals surface area (Å²) in [6.07, 6.45) is 6.15. The minimum atomic E-state index is -0.402. The number of rotatable bonds is 4. The molecule has 0 aliphatic heterocycles. The Hall–Kier alpha value is -0.600. The third-order valence-electron chi connectivity index (χ3n) is 3.54. The fraction of sp³-hybridized carbons (Fsp3) is 0.571. The van der Waals surface area contributed by atoms with Crippen LogP contribution in [0, 0.1) is 11.7 Å². The zero-order chi connectivity index (χ0) is 12.3. The summed E-state index contributed by atoms with van der Waals surface area (Å²) in [5.41, 5.74) is 0.905. The Bertz CT molecular complexity index is 374. The van der Waals surface area contributed by atoms with E-state index in [4.69, 9.17) is 11.6 Å². The van der Waals surface area contributed by atoms with Crippen LogP contribution >= 0.6 is 11.6 Å². The lowest BCUT2D eigenvalue weighted by Gasteiger charge is -2.15. The van der Waals surface area contributed by atoms with Gasteiger partial charge in [0.2, 0.25) is 0 Å². The van der Waals surface area contributed by atoms with Crippen molar-refractivity contribution < 1.29 is 9.50 Å². The third kappa shape index (κ3) is 3.68. The average Bonchev–Trinajstić information content (AvgIpc) is 2.76. The number of aliphatic hydroxyl groups excluding tert-OH is 1. The van der Waals surface area contributed by atoms with Crippen molar-refractivity contribution in [3.63, 3.8) is 0 Å². The monoisotopic (exact) mass is 256 g/mol. The largest absolute Gasteiger partial charge is 0.393 e. The molecular formula is C14H18ClFO. The second-order valence-electron chi connectivity index (χ2n) is 4.99. The highest BCUT2D eigenvalue weighted by molar-refractivity contribution is 6.30. The van der Waals surface area contributed by atoms with Gasteiger partial charge in [0.25, 0.3) is 0 Å². The molecule has 94 valence electrons. The second kappa shape index (κ2) is 5.83. The molecule has 1 N–H and O–H groups in total. The molecule has 0 heterocycles. The summed E-state index contributed by atoms with van der Waals surface area (Å²) in [7, 11) is 0. The Labute approximate surface area is 107 Å². The lowest BCUT2D eigenvalue weighted by atomic mass is 9.96. The molecule has 0 spiro atoms. The second-order valence-corrected chi connectivity index (χ2v) is 5.40. The summed E-state index contributed by atoms with van der Waals surface area (Å²) in [5.74, 6) is 0.265. The first-order chi connectivity index (χ1) is 8.15. The quantitative estimate of drug-likeness (QED) is 0.865. The van der Waals surface area contributed by atoms with Crippen molar-refractivity contribution in [2.45, 2.75) is 44.6 Å². The van der Waals surface area contributed by atoms with Gasteiger partial charge in [0.1, 0.15) is 5.82 Å². The lowest BCUT2D eigenvalue weighted by Crippen LogP contribution is -2.14. The molecule has 2 rings (SSSR count). The molecule has 1 saturated carbocycles. The van der Waals surface area contributed by atoms with Gasteiger partial charge in [-0.25, -0.2) is 4.39 Å². The molecule has 1 nitrogen and oxygen atoms in total. The smallest absolute Gasteiger partial charge is 0.141 e. The molecule has 0 radical (unpaired) electrons. The van der Waals surface area contributed by atoms with Gasteiger partial charge in [-0.3, -0.25) is 0 Å². The first-order valence-electron chi connectivity index (χ1n) is 6.27. The van der Waals surface area contributed by atoms with Crippen LogP contribution in [0.4, 0.5) is 4.39 Å². The number of benzene rings is 1. The average molecular weight is 257 g/mol. The molecular weight excluding hydrogens is 239 g/mol. The van der Waals surface area contributed by atoms with E-state index in [9.17, 15) is 9.50 Å². The maximum Gasteiger partial charge on any atom is 0.141 e. The van der Waals surface area contributed by atoms with E-state index in [1.54, 1.807) is 12.1 Å². The molecule has 0 saturated heterocycles. The van der Waals surface area contributed by atoms with Crippen LogP contribution in [0.25, 0.3) is 0 Å². The highest BCUT2D eigenvalue weighted by Gasteiger charge is 2.19. The maximum atomic E-state index is 13.0. The van der Waals surface area contributed by atoms with Crippen LogP contribution in [-0.2, 0) is 6.42 Å². The predicted octanol–water partition coefficient (Wildman–Crippen LogP) is 3.96. The Morgan fingerprint density at radius 1 is 1.35 bits per heavy atom. The standard InChI is InChI=1S/C14H18ClFO/c15-13-9-11(5-6-14(13)16)8-12(17)7-10-3-1-2-4-10/h5-6,9-10,12,17H,1-4,7-8H2. The van der Waals surface area contributed by atoms with E-state index in [0.717, 1.165) is 12.0 Å². The molecule has 0 aromatic heterocycles. The Morgan fingerprint density at radius 2 is 2.06 bits per heavy atom. The Kier molecular flexibility index (Phi) is 4.41. The van der Waals surface area contributed by atoms with Gasteiger partial charge in [0.15, 0.2) is 0 Å². The van der Waals surface area contributed by atoms with Crippen LogP contribution < -0.4 is 0 Å². The van der Waals surface area contributed by atoms with Crippen molar-refractivity contribution in [3.8, 4) is 0 Å². The first-order valence-corrected chi connectivity index (χ1v) is 6.65. The molecule has 1 unspecified atom stereocenters.